The molecule has 262 valence electrons. The molecule has 0 fully saturated rings. The van der Waals surface area contributed by atoms with Gasteiger partial charge in [-0.3, -0.25) is 24.0 Å². The molecule has 14 nitrogen and oxygen atoms in total. The Morgan fingerprint density at radius 3 is 2.33 bits per heavy atom. The summed E-state index contributed by atoms with van der Waals surface area (Å²) in [6, 6.07) is 11.7. The van der Waals surface area contributed by atoms with Gasteiger partial charge in [0, 0.05) is 18.7 Å². The number of ether oxygens (including phenoxy) is 1. The fourth-order valence-corrected chi connectivity index (χ4v) is 5.15. The van der Waals surface area contributed by atoms with E-state index in [-0.39, 0.29) is 37.2 Å². The van der Waals surface area contributed by atoms with Crippen molar-refractivity contribution in [3.05, 3.63) is 66.2 Å². The average Bonchev–Trinajstić information content (AvgIpc) is 3.48. The standard InChI is InChI=1S/C34H43FN8O6/c1-21(2)17-27-34(48)38-22(3)32-40-31(24-9-6-5-7-10-24)41-43(32)19-28(44)36-15-8-16-42(18-29(45)37-23(4)33(47)39-27)30(46)20-49-26-13-11-25(35)12-14-26/h5-7,9-14,21-23,27H,8,15-20H2,1-4H3,(H,36,44)(H,37,45)(H,38,48)(H,39,47)/t22-,23+,27+/m0/s1. The van der Waals surface area contributed by atoms with Crippen molar-refractivity contribution in [1.82, 2.24) is 40.9 Å². The van der Waals surface area contributed by atoms with Gasteiger partial charge in [-0.05, 0) is 56.9 Å². The van der Waals surface area contributed by atoms with Crippen LogP contribution in [0.3, 0.4) is 0 Å². The minimum atomic E-state index is -1.03. The fraction of sp³-hybridized carbons (Fsp3) is 0.441. The van der Waals surface area contributed by atoms with Gasteiger partial charge in [-0.2, -0.15) is 5.10 Å². The molecule has 1 aromatic heterocycles. The van der Waals surface area contributed by atoms with Gasteiger partial charge in [-0.15, -0.1) is 0 Å². The molecule has 3 atom stereocenters. The molecule has 0 spiro atoms. The van der Waals surface area contributed by atoms with Gasteiger partial charge in [-0.1, -0.05) is 44.2 Å². The highest BCUT2D eigenvalue weighted by atomic mass is 19.1. The normalized spacial score (nSPS) is 20.1. The van der Waals surface area contributed by atoms with E-state index in [1.807, 2.05) is 44.2 Å². The first-order valence-corrected chi connectivity index (χ1v) is 16.2. The van der Waals surface area contributed by atoms with Gasteiger partial charge < -0.3 is 30.9 Å². The molecular weight excluding hydrogens is 635 g/mol. The highest BCUT2D eigenvalue weighted by Crippen LogP contribution is 2.19. The van der Waals surface area contributed by atoms with Crippen molar-refractivity contribution >= 4 is 29.5 Å². The molecule has 4 rings (SSSR count). The van der Waals surface area contributed by atoms with Crippen LogP contribution in [-0.2, 0) is 30.5 Å². The summed E-state index contributed by atoms with van der Waals surface area (Å²) in [6.45, 7) is 6.25. The van der Waals surface area contributed by atoms with E-state index in [0.29, 0.717) is 24.5 Å². The number of hydrogen-bond donors (Lipinski definition) is 4. The van der Waals surface area contributed by atoms with E-state index in [4.69, 9.17) is 4.74 Å². The van der Waals surface area contributed by atoms with E-state index in [0.717, 1.165) is 5.56 Å². The largest absolute Gasteiger partial charge is 0.484 e. The van der Waals surface area contributed by atoms with Crippen molar-refractivity contribution in [2.24, 2.45) is 5.92 Å². The van der Waals surface area contributed by atoms with Crippen LogP contribution in [0.2, 0.25) is 0 Å². The number of aromatic nitrogens is 3. The van der Waals surface area contributed by atoms with Crippen molar-refractivity contribution in [3.8, 4) is 17.1 Å². The van der Waals surface area contributed by atoms with Crippen LogP contribution in [0.15, 0.2) is 54.6 Å². The van der Waals surface area contributed by atoms with Crippen LogP contribution in [0.4, 0.5) is 4.39 Å². The van der Waals surface area contributed by atoms with Crippen LogP contribution in [0.1, 0.15) is 52.4 Å². The van der Waals surface area contributed by atoms with Crippen molar-refractivity contribution in [1.29, 1.82) is 0 Å². The first-order chi connectivity index (χ1) is 23.4. The SMILES string of the molecule is CC(C)C[C@H]1NC(=O)[C@@H](C)NC(=O)CN(C(=O)COc2ccc(F)cc2)CCCNC(=O)Cn2nc(-c3ccccc3)nc2[C@H](C)NC1=O. The number of benzene rings is 2. The predicted molar refractivity (Wildman–Crippen MR) is 177 cm³/mol. The van der Waals surface area contributed by atoms with Gasteiger partial charge >= 0.3 is 0 Å². The molecule has 0 unspecified atom stereocenters. The number of fused-ring (bicyclic) bond motifs is 1. The van der Waals surface area contributed by atoms with E-state index in [1.54, 1.807) is 6.92 Å². The molecule has 1 aliphatic heterocycles. The third-order valence-corrected chi connectivity index (χ3v) is 7.67. The molecule has 0 saturated heterocycles. The highest BCUT2D eigenvalue weighted by molar-refractivity contribution is 5.93. The monoisotopic (exact) mass is 678 g/mol. The fourth-order valence-electron chi connectivity index (χ4n) is 5.15. The third kappa shape index (κ3) is 10.8. The summed E-state index contributed by atoms with van der Waals surface area (Å²) >= 11 is 0. The van der Waals surface area contributed by atoms with Crippen molar-refractivity contribution in [3.63, 3.8) is 0 Å². The number of carbonyl (C=O) groups excluding carboxylic acids is 5. The lowest BCUT2D eigenvalue weighted by Gasteiger charge is -2.25. The summed E-state index contributed by atoms with van der Waals surface area (Å²) in [5, 5.41) is 15.6. The molecular formula is C34H43FN8O6. The Labute approximate surface area is 284 Å². The number of nitrogens with one attached hydrogen (secondary N) is 4. The molecule has 1 aliphatic rings. The number of carbonyl (C=O) groups is 5. The van der Waals surface area contributed by atoms with Gasteiger partial charge in [-0.25, -0.2) is 14.1 Å². The maximum atomic E-state index is 13.5. The molecule has 0 radical (unpaired) electrons. The molecule has 5 amide bonds. The van der Waals surface area contributed by atoms with E-state index in [2.05, 4.69) is 31.3 Å². The zero-order valence-electron chi connectivity index (χ0n) is 28.1. The number of rotatable bonds is 6. The summed E-state index contributed by atoms with van der Waals surface area (Å²) in [5.41, 5.74) is 0.727. The molecule has 4 N–H and O–H groups in total. The zero-order chi connectivity index (χ0) is 35.5. The van der Waals surface area contributed by atoms with Gasteiger partial charge in [0.05, 0.1) is 12.6 Å². The number of hydrogen-bond acceptors (Lipinski definition) is 8. The molecule has 0 bridgehead atoms. The summed E-state index contributed by atoms with van der Waals surface area (Å²) < 4.78 is 20.2. The Bertz CT molecular complexity index is 1610. The molecule has 2 heterocycles. The number of nitrogens with zero attached hydrogens (tertiary/aromatic N) is 4. The maximum absolute atomic E-state index is 13.5. The first kappa shape index (κ1) is 36.5. The van der Waals surface area contributed by atoms with Crippen LogP contribution in [0.25, 0.3) is 11.4 Å². The summed E-state index contributed by atoms with van der Waals surface area (Å²) in [5.74, 6) is -2.00. The summed E-state index contributed by atoms with van der Waals surface area (Å²) in [7, 11) is 0. The lowest BCUT2D eigenvalue weighted by Crippen LogP contribution is -2.54. The number of amides is 5. The van der Waals surface area contributed by atoms with Crippen LogP contribution < -0.4 is 26.0 Å². The Hall–Kier alpha value is -5.34. The predicted octanol–water partition coefficient (Wildman–Crippen LogP) is 1.72. The van der Waals surface area contributed by atoms with Gasteiger partial charge in [0.15, 0.2) is 12.4 Å². The van der Waals surface area contributed by atoms with Crippen molar-refractivity contribution < 1.29 is 33.1 Å². The Balaban J connectivity index is 1.57. The van der Waals surface area contributed by atoms with Gasteiger partial charge in [0.2, 0.25) is 23.6 Å². The molecule has 15 heteroatoms. The molecule has 3 aromatic rings. The topological polar surface area (TPSA) is 177 Å². The summed E-state index contributed by atoms with van der Waals surface area (Å²) in [6.07, 6.45) is 0.603. The highest BCUT2D eigenvalue weighted by Gasteiger charge is 2.29. The second kappa shape index (κ2) is 17.2. The Morgan fingerprint density at radius 1 is 0.918 bits per heavy atom. The van der Waals surface area contributed by atoms with E-state index in [1.165, 1.54) is 40.8 Å². The maximum Gasteiger partial charge on any atom is 0.260 e. The number of halogens is 1. The second-order valence-electron chi connectivity index (χ2n) is 12.3. The van der Waals surface area contributed by atoms with Crippen molar-refractivity contribution in [2.75, 3.05) is 26.2 Å². The molecule has 0 saturated carbocycles. The van der Waals surface area contributed by atoms with Crippen LogP contribution in [-0.4, -0.2) is 87.5 Å². The lowest BCUT2D eigenvalue weighted by molar-refractivity contribution is -0.138. The van der Waals surface area contributed by atoms with E-state index < -0.39 is 60.7 Å². The average molecular weight is 679 g/mol. The minimum Gasteiger partial charge on any atom is -0.484 e. The van der Waals surface area contributed by atoms with Gasteiger partial charge in [0.1, 0.15) is 36.0 Å². The van der Waals surface area contributed by atoms with Crippen LogP contribution in [0.5, 0.6) is 5.75 Å². The van der Waals surface area contributed by atoms with Gasteiger partial charge in [0.25, 0.3) is 5.91 Å². The van der Waals surface area contributed by atoms with Crippen LogP contribution in [0, 0.1) is 11.7 Å². The van der Waals surface area contributed by atoms with E-state index in [9.17, 15) is 28.4 Å². The quantitative estimate of drug-likeness (QED) is 0.305. The van der Waals surface area contributed by atoms with E-state index >= 15 is 0 Å². The smallest absolute Gasteiger partial charge is 0.260 e. The molecule has 2 aromatic carbocycles. The molecule has 0 aliphatic carbocycles. The lowest BCUT2D eigenvalue weighted by atomic mass is 10.0. The second-order valence-corrected chi connectivity index (χ2v) is 12.3. The first-order valence-electron chi connectivity index (χ1n) is 16.2. The van der Waals surface area contributed by atoms with Crippen LogP contribution >= 0.6 is 0 Å². The Kier molecular flexibility index (Phi) is 12.8. The third-order valence-electron chi connectivity index (χ3n) is 7.67. The Morgan fingerprint density at radius 2 is 1.63 bits per heavy atom. The molecule has 49 heavy (non-hydrogen) atoms. The summed E-state index contributed by atoms with van der Waals surface area (Å²) in [4.78, 5) is 71.9. The van der Waals surface area contributed by atoms with Crippen molar-refractivity contribution in [2.45, 2.75) is 65.2 Å². The minimum absolute atomic E-state index is 0.0339. The zero-order valence-corrected chi connectivity index (χ0v) is 28.1.